The minimum absolute atomic E-state index is 0.231. The van der Waals surface area contributed by atoms with Gasteiger partial charge >= 0.3 is 7.20 Å². The summed E-state index contributed by atoms with van der Waals surface area (Å²) in [5.41, 5.74) is 0. The Labute approximate surface area is 27.6 Å². The van der Waals surface area contributed by atoms with E-state index in [1.807, 2.05) is 0 Å². The molecule has 0 fully saturated rings. The fourth-order valence-corrected chi connectivity index (χ4v) is 0. The number of halogens is 1. The molecule has 1 radical (unpaired) electrons. The third-order valence-electron chi connectivity index (χ3n) is 0.0436. The third kappa shape index (κ3) is 2.38. The van der Waals surface area contributed by atoms with Gasteiger partial charge < -0.3 is 5.02 Å². The first-order valence-corrected chi connectivity index (χ1v) is 1.54. The Kier molecular flexibility index (Phi) is 2.21. The first kappa shape index (κ1) is 2.61. The summed E-state index contributed by atoms with van der Waals surface area (Å²) in [6.45, 7) is 0. The van der Waals surface area contributed by atoms with Crippen LogP contribution < -0.4 is 0 Å². The van der Waals surface area contributed by atoms with Gasteiger partial charge in [0.1, 0.15) is 0 Å². The standard InChI is InChI=1S/BFH2OP/c2-4-1-3/h3-4H/i4T. The van der Waals surface area contributed by atoms with Crippen LogP contribution in [0.2, 0.25) is 0 Å². The minimum atomic E-state index is -2.42. The van der Waals surface area contributed by atoms with Gasteiger partial charge in [-0.25, -0.2) is 4.20 Å². The summed E-state index contributed by atoms with van der Waals surface area (Å²) in [6.07, 6.45) is 0. The highest BCUT2D eigenvalue weighted by molar-refractivity contribution is 7.65. The van der Waals surface area contributed by atoms with E-state index in [1.54, 1.807) is 0 Å². The number of rotatable bonds is 1. The molecule has 0 aliphatic carbocycles. The summed E-state index contributed by atoms with van der Waals surface area (Å²) in [4.78, 5) is 0. The van der Waals surface area contributed by atoms with Crippen molar-refractivity contribution in [2.75, 3.05) is 0 Å². The van der Waals surface area contributed by atoms with Crippen LogP contribution in [0.3, 0.4) is 0 Å². The molecular formula is H2BFOP. The van der Waals surface area contributed by atoms with E-state index in [-0.39, 0.29) is 7.20 Å². The van der Waals surface area contributed by atoms with Gasteiger partial charge in [0.2, 0.25) is 0 Å². The Balaban J connectivity index is 2.54. The highest BCUT2D eigenvalue weighted by Gasteiger charge is 1.71. The monoisotopic (exact) mass is 81.0 g/mol. The highest BCUT2D eigenvalue weighted by atomic mass is 31.1. The summed E-state index contributed by atoms with van der Waals surface area (Å²) in [7, 11) is -2.19. The molecule has 23 valence electrons. The SMILES string of the molecule is [3H]P(F)[B]O. The molecule has 1 N–H and O–H groups in total. The molecule has 1 unspecified atom stereocenters. The van der Waals surface area contributed by atoms with Crippen molar-refractivity contribution in [3.8, 4) is 0 Å². The van der Waals surface area contributed by atoms with Gasteiger partial charge in [0.05, 0.1) is 9.99 Å². The first-order chi connectivity index (χ1) is 2.27. The van der Waals surface area contributed by atoms with Crippen molar-refractivity contribution in [3.63, 3.8) is 0 Å². The lowest BCUT2D eigenvalue weighted by Gasteiger charge is -1.60. The topological polar surface area (TPSA) is 20.2 Å². The van der Waals surface area contributed by atoms with Crippen LogP contribution in [0.15, 0.2) is 0 Å². The van der Waals surface area contributed by atoms with E-state index < -0.39 is 8.72 Å². The summed E-state index contributed by atoms with van der Waals surface area (Å²) in [5.74, 6) is 0. The second-order valence-electron chi connectivity index (χ2n) is 0.213. The van der Waals surface area contributed by atoms with Gasteiger partial charge in [-0.05, 0) is 0 Å². The van der Waals surface area contributed by atoms with Crippen LogP contribution in [0.5, 0.6) is 0 Å². The fraction of sp³-hybridized carbons (Fsp3) is 0. The molecule has 0 heterocycles. The average molecular weight is 80.8 g/mol. The largest absolute Gasteiger partial charge is 0.448 e. The average Bonchev–Trinajstić information content (AvgIpc) is 1.38. The minimum Gasteiger partial charge on any atom is -0.448 e. The Bertz CT molecular complexity index is 25.6. The molecule has 0 bridgehead atoms. The van der Waals surface area contributed by atoms with E-state index in [1.165, 1.54) is 0 Å². The van der Waals surface area contributed by atoms with Crippen molar-refractivity contribution >= 4 is 15.9 Å². The highest BCUT2D eigenvalue weighted by Crippen LogP contribution is 2.01. The Morgan fingerprint density at radius 2 is 2.75 bits per heavy atom. The van der Waals surface area contributed by atoms with Crippen molar-refractivity contribution in [2.24, 2.45) is 0 Å². The van der Waals surface area contributed by atoms with Crippen molar-refractivity contribution in [3.05, 3.63) is 0 Å². The van der Waals surface area contributed by atoms with Crippen LogP contribution in [0.4, 0.5) is 4.20 Å². The Hall–Kier alpha value is 0.385. The molecule has 0 rings (SSSR count). The van der Waals surface area contributed by atoms with Crippen LogP contribution in [0.25, 0.3) is 0 Å². The number of hydrogen-bond donors (Lipinski definition) is 1. The van der Waals surface area contributed by atoms with Crippen LogP contribution in [0.1, 0.15) is 0 Å². The molecule has 0 amide bonds. The van der Waals surface area contributed by atoms with Crippen LogP contribution in [-0.2, 0) is 0 Å². The summed E-state index contributed by atoms with van der Waals surface area (Å²) in [5, 5.41) is 7.48. The van der Waals surface area contributed by atoms with E-state index in [0.29, 0.717) is 0 Å². The normalized spacial score (nSPS) is 18.0. The molecule has 0 spiro atoms. The van der Waals surface area contributed by atoms with Gasteiger partial charge in [-0.1, -0.05) is 0 Å². The van der Waals surface area contributed by atoms with Gasteiger partial charge in [-0.3, -0.25) is 0 Å². The van der Waals surface area contributed by atoms with Crippen molar-refractivity contribution in [2.45, 2.75) is 0 Å². The van der Waals surface area contributed by atoms with Crippen LogP contribution >= 0.6 is 8.72 Å². The maximum atomic E-state index is 10.9. The smallest absolute Gasteiger partial charge is 0.356 e. The van der Waals surface area contributed by atoms with E-state index in [0.717, 1.165) is 0 Å². The third-order valence-corrected chi connectivity index (χ3v) is 0.131. The van der Waals surface area contributed by atoms with Gasteiger partial charge in [-0.2, -0.15) is 0 Å². The molecule has 1 nitrogen and oxygen atoms in total. The second-order valence-corrected chi connectivity index (χ2v) is 0.639. The van der Waals surface area contributed by atoms with Crippen molar-refractivity contribution in [1.29, 1.82) is 1.28 Å². The van der Waals surface area contributed by atoms with E-state index >= 15 is 0 Å². The zero-order chi connectivity index (χ0) is 4.28. The summed E-state index contributed by atoms with van der Waals surface area (Å²) < 4.78 is 16.8. The lowest BCUT2D eigenvalue weighted by molar-refractivity contribution is 0.620. The first-order valence-electron chi connectivity index (χ1n) is 1.13. The molecule has 0 aromatic heterocycles. The lowest BCUT2D eigenvalue weighted by atomic mass is 10.6. The Morgan fingerprint density at radius 3 is 2.75 bits per heavy atom. The van der Waals surface area contributed by atoms with Crippen LogP contribution in [-0.4, -0.2) is 13.5 Å². The molecule has 0 saturated heterocycles. The predicted molar refractivity (Wildman–Crippen MR) is 17.4 cm³/mol. The van der Waals surface area contributed by atoms with Gasteiger partial charge in [0, 0.05) is 0 Å². The summed E-state index contributed by atoms with van der Waals surface area (Å²) in [6, 6.07) is 0. The fourth-order valence-electron chi connectivity index (χ4n) is 0. The Morgan fingerprint density at radius 1 is 2.50 bits per heavy atom. The molecule has 0 aliphatic heterocycles. The molecule has 0 aliphatic rings. The number of hydrogen-bond acceptors (Lipinski definition) is 1. The zero-order valence-electron chi connectivity index (χ0n) is 2.85. The lowest BCUT2D eigenvalue weighted by Crippen LogP contribution is -1.63. The molecule has 4 heavy (non-hydrogen) atoms. The molecule has 0 aromatic rings. The van der Waals surface area contributed by atoms with Gasteiger partial charge in [0.25, 0.3) is 0 Å². The van der Waals surface area contributed by atoms with E-state index in [9.17, 15) is 4.20 Å². The maximum Gasteiger partial charge on any atom is 0.356 e. The maximum absolute atomic E-state index is 10.9. The van der Waals surface area contributed by atoms with E-state index in [4.69, 9.17) is 6.30 Å². The van der Waals surface area contributed by atoms with Gasteiger partial charge in [0.15, 0.2) is 0 Å². The molecule has 1 atom stereocenters. The zero-order valence-corrected chi connectivity index (χ0v) is 2.74. The summed E-state index contributed by atoms with van der Waals surface area (Å²) >= 11 is 0. The van der Waals surface area contributed by atoms with Crippen LogP contribution in [0, 0.1) is 0 Å². The van der Waals surface area contributed by atoms with Gasteiger partial charge in [-0.15, -0.1) is 0 Å². The molecule has 0 saturated carbocycles. The molecule has 4 heteroatoms. The second kappa shape index (κ2) is 3.38. The van der Waals surface area contributed by atoms with Crippen molar-refractivity contribution in [1.82, 2.24) is 0 Å². The molecular weight excluding hydrogens is 76.8 g/mol. The quantitative estimate of drug-likeness (QED) is 0.350. The van der Waals surface area contributed by atoms with Crippen molar-refractivity contribution < 1.29 is 9.22 Å². The van der Waals surface area contributed by atoms with E-state index in [2.05, 4.69) is 0 Å². The predicted octanol–water partition coefficient (Wildman–Crippen LogP) is 0.0759. The molecule has 0 aromatic carbocycles.